The van der Waals surface area contributed by atoms with E-state index < -0.39 is 0 Å². The van der Waals surface area contributed by atoms with Crippen LogP contribution in [0, 0.1) is 0 Å². The molecule has 2 amide bonds. The zero-order valence-electron chi connectivity index (χ0n) is 21.7. The van der Waals surface area contributed by atoms with E-state index in [2.05, 4.69) is 12.2 Å². The molecule has 3 aromatic rings. The van der Waals surface area contributed by atoms with Crippen LogP contribution in [0.3, 0.4) is 0 Å². The molecule has 1 aliphatic rings. The van der Waals surface area contributed by atoms with Gasteiger partial charge in [-0.15, -0.1) is 0 Å². The number of thiocarbonyl (C=S) groups is 1. The topological polar surface area (TPSA) is 67.9 Å². The second-order valence-electron chi connectivity index (χ2n) is 8.52. The molecule has 1 fully saturated rings. The Hall–Kier alpha value is -3.62. The van der Waals surface area contributed by atoms with Crippen LogP contribution in [0.15, 0.2) is 71.6 Å². The number of carbonyl (C=O) groups is 2. The SMILES string of the molecule is CCOc1cc(/C=C2\SC(=S)N(c3ccc(CC)cc3)C2=O)ccc1OCC(=O)Nc1ccccc1CC. The molecule has 4 rings (SSSR count). The molecule has 0 spiro atoms. The Bertz CT molecular complexity index is 1370. The average Bonchev–Trinajstić information content (AvgIpc) is 3.20. The fourth-order valence-corrected chi connectivity index (χ4v) is 5.30. The van der Waals surface area contributed by atoms with E-state index >= 15 is 0 Å². The van der Waals surface area contributed by atoms with Crippen LogP contribution in [0.4, 0.5) is 11.4 Å². The molecule has 0 radical (unpaired) electrons. The lowest BCUT2D eigenvalue weighted by molar-refractivity contribution is -0.118. The van der Waals surface area contributed by atoms with Gasteiger partial charge in [-0.2, -0.15) is 0 Å². The van der Waals surface area contributed by atoms with Gasteiger partial charge in [-0.3, -0.25) is 14.5 Å². The van der Waals surface area contributed by atoms with Crippen LogP contribution in [0.1, 0.15) is 37.5 Å². The van der Waals surface area contributed by atoms with Crippen molar-refractivity contribution in [2.24, 2.45) is 0 Å². The fourth-order valence-electron chi connectivity index (χ4n) is 4.00. The molecule has 8 heteroatoms. The van der Waals surface area contributed by atoms with Crippen LogP contribution in [-0.4, -0.2) is 29.3 Å². The van der Waals surface area contributed by atoms with Gasteiger partial charge in [0, 0.05) is 5.69 Å². The number of thioether (sulfide) groups is 1. The van der Waals surface area contributed by atoms with Gasteiger partial charge in [-0.05, 0) is 72.9 Å². The normalized spacial score (nSPS) is 14.2. The lowest BCUT2D eigenvalue weighted by atomic mass is 10.1. The summed E-state index contributed by atoms with van der Waals surface area (Å²) in [4.78, 5) is 27.8. The third kappa shape index (κ3) is 6.44. The molecule has 0 unspecified atom stereocenters. The third-order valence-electron chi connectivity index (χ3n) is 5.99. The van der Waals surface area contributed by atoms with Crippen molar-refractivity contribution in [3.05, 3.63) is 88.3 Å². The quantitative estimate of drug-likeness (QED) is 0.227. The number of aryl methyl sites for hydroxylation is 2. The maximum Gasteiger partial charge on any atom is 0.270 e. The molecule has 1 N–H and O–H groups in total. The first-order chi connectivity index (χ1) is 18.4. The zero-order valence-corrected chi connectivity index (χ0v) is 23.3. The molecular formula is C30H30N2O4S2. The Balaban J connectivity index is 1.47. The zero-order chi connectivity index (χ0) is 27.1. The minimum atomic E-state index is -0.256. The molecule has 3 aromatic carbocycles. The molecule has 196 valence electrons. The Morgan fingerprint density at radius 2 is 1.74 bits per heavy atom. The minimum absolute atomic E-state index is 0.160. The number of amides is 2. The summed E-state index contributed by atoms with van der Waals surface area (Å²) in [6, 6.07) is 20.9. The maximum atomic E-state index is 13.2. The van der Waals surface area contributed by atoms with Crippen molar-refractivity contribution in [3.63, 3.8) is 0 Å². The predicted octanol–water partition coefficient (Wildman–Crippen LogP) is 6.63. The summed E-state index contributed by atoms with van der Waals surface area (Å²) < 4.78 is 12.1. The third-order valence-corrected chi connectivity index (χ3v) is 7.30. The van der Waals surface area contributed by atoms with E-state index in [9.17, 15) is 9.59 Å². The van der Waals surface area contributed by atoms with Crippen molar-refractivity contribution in [2.75, 3.05) is 23.4 Å². The van der Waals surface area contributed by atoms with E-state index in [-0.39, 0.29) is 18.4 Å². The van der Waals surface area contributed by atoms with Gasteiger partial charge in [0.15, 0.2) is 22.4 Å². The summed E-state index contributed by atoms with van der Waals surface area (Å²) in [5, 5.41) is 2.90. The smallest absolute Gasteiger partial charge is 0.270 e. The molecule has 0 aliphatic carbocycles. The van der Waals surface area contributed by atoms with Crippen LogP contribution >= 0.6 is 24.0 Å². The fraction of sp³-hybridized carbons (Fsp3) is 0.233. The number of benzene rings is 3. The van der Waals surface area contributed by atoms with Gasteiger partial charge in [0.2, 0.25) is 0 Å². The standard InChI is InChI=1S/C30H30N2O4S2/c1-4-20-11-14-23(15-12-20)32-29(34)27(38-30(32)37)18-21-13-16-25(26(17-21)35-6-3)36-19-28(33)31-24-10-8-7-9-22(24)5-2/h7-18H,4-6,19H2,1-3H3,(H,31,33)/b27-18-. The number of nitrogens with zero attached hydrogens (tertiary/aromatic N) is 1. The summed E-state index contributed by atoms with van der Waals surface area (Å²) >= 11 is 6.78. The van der Waals surface area contributed by atoms with Crippen LogP contribution < -0.4 is 19.7 Å². The Morgan fingerprint density at radius 1 is 0.974 bits per heavy atom. The summed E-state index contributed by atoms with van der Waals surface area (Å²) in [7, 11) is 0. The Kier molecular flexibility index (Phi) is 9.20. The molecule has 38 heavy (non-hydrogen) atoms. The lowest BCUT2D eigenvalue weighted by Gasteiger charge is -2.15. The first kappa shape index (κ1) is 27.4. The number of ether oxygens (including phenoxy) is 2. The highest BCUT2D eigenvalue weighted by Crippen LogP contribution is 2.37. The highest BCUT2D eigenvalue weighted by molar-refractivity contribution is 8.27. The molecule has 1 aliphatic heterocycles. The van der Waals surface area contributed by atoms with Gasteiger partial charge in [0.1, 0.15) is 0 Å². The second kappa shape index (κ2) is 12.8. The molecule has 1 heterocycles. The largest absolute Gasteiger partial charge is 0.490 e. The van der Waals surface area contributed by atoms with E-state index in [0.717, 1.165) is 35.3 Å². The number of anilines is 2. The van der Waals surface area contributed by atoms with Gasteiger partial charge < -0.3 is 14.8 Å². The van der Waals surface area contributed by atoms with Crippen molar-refractivity contribution in [1.29, 1.82) is 0 Å². The summed E-state index contributed by atoms with van der Waals surface area (Å²) in [5.41, 5.74) is 4.56. The highest BCUT2D eigenvalue weighted by atomic mass is 32.2. The molecule has 1 saturated heterocycles. The number of rotatable bonds is 10. The van der Waals surface area contributed by atoms with Gasteiger partial charge >= 0.3 is 0 Å². The van der Waals surface area contributed by atoms with Crippen LogP contribution in [-0.2, 0) is 22.4 Å². The van der Waals surface area contributed by atoms with Crippen molar-refractivity contribution in [3.8, 4) is 11.5 Å². The molecule has 0 aromatic heterocycles. The summed E-state index contributed by atoms with van der Waals surface area (Å²) in [6.45, 7) is 6.27. The van der Waals surface area contributed by atoms with Crippen LogP contribution in [0.2, 0.25) is 0 Å². The van der Waals surface area contributed by atoms with E-state index in [1.165, 1.54) is 17.3 Å². The molecule has 0 atom stereocenters. The van der Waals surface area contributed by atoms with Gasteiger partial charge in [-0.1, -0.05) is 74.2 Å². The van der Waals surface area contributed by atoms with Crippen molar-refractivity contribution >= 4 is 57.6 Å². The van der Waals surface area contributed by atoms with Gasteiger partial charge in [0.25, 0.3) is 11.8 Å². The first-order valence-corrected chi connectivity index (χ1v) is 13.8. The molecule has 0 bridgehead atoms. The van der Waals surface area contributed by atoms with E-state index in [0.29, 0.717) is 27.3 Å². The van der Waals surface area contributed by atoms with Crippen LogP contribution in [0.5, 0.6) is 11.5 Å². The predicted molar refractivity (Wildman–Crippen MR) is 159 cm³/mol. The van der Waals surface area contributed by atoms with Gasteiger partial charge in [0.05, 0.1) is 17.2 Å². The van der Waals surface area contributed by atoms with Crippen molar-refractivity contribution in [1.82, 2.24) is 0 Å². The average molecular weight is 547 g/mol. The van der Waals surface area contributed by atoms with Gasteiger partial charge in [-0.25, -0.2) is 0 Å². The Labute approximate surface area is 233 Å². The summed E-state index contributed by atoms with van der Waals surface area (Å²) in [5.74, 6) is 0.528. The maximum absolute atomic E-state index is 13.2. The number of hydrogen-bond acceptors (Lipinski definition) is 6. The molecule has 6 nitrogen and oxygen atoms in total. The van der Waals surface area contributed by atoms with E-state index in [1.54, 1.807) is 23.1 Å². The van der Waals surface area contributed by atoms with Crippen LogP contribution in [0.25, 0.3) is 6.08 Å². The van der Waals surface area contributed by atoms with E-state index in [1.807, 2.05) is 68.4 Å². The lowest BCUT2D eigenvalue weighted by Crippen LogP contribution is -2.27. The summed E-state index contributed by atoms with van der Waals surface area (Å²) in [6.07, 6.45) is 3.54. The molecule has 0 saturated carbocycles. The monoisotopic (exact) mass is 546 g/mol. The highest BCUT2D eigenvalue weighted by Gasteiger charge is 2.33. The minimum Gasteiger partial charge on any atom is -0.490 e. The Morgan fingerprint density at radius 3 is 2.45 bits per heavy atom. The number of carbonyl (C=O) groups excluding carboxylic acids is 2. The number of nitrogens with one attached hydrogen (secondary N) is 1. The molecular weight excluding hydrogens is 516 g/mol. The first-order valence-electron chi connectivity index (χ1n) is 12.6. The number of para-hydroxylation sites is 1. The van der Waals surface area contributed by atoms with E-state index in [4.69, 9.17) is 21.7 Å². The second-order valence-corrected chi connectivity index (χ2v) is 10.2. The van der Waals surface area contributed by atoms with Crippen molar-refractivity contribution < 1.29 is 19.1 Å². The number of hydrogen-bond donors (Lipinski definition) is 1. The van der Waals surface area contributed by atoms with Crippen molar-refractivity contribution in [2.45, 2.75) is 33.6 Å².